The fourth-order valence-corrected chi connectivity index (χ4v) is 2.59. The minimum Gasteiger partial charge on any atom is -0.325 e. The van der Waals surface area contributed by atoms with Crippen LogP contribution in [0, 0.1) is 0 Å². The van der Waals surface area contributed by atoms with Gasteiger partial charge in [-0.15, -0.1) is 0 Å². The van der Waals surface area contributed by atoms with Crippen LogP contribution in [0.15, 0.2) is 18.2 Å². The number of nitrogens with zero attached hydrogens (tertiary/aromatic N) is 1. The second kappa shape index (κ2) is 7.13. The highest BCUT2D eigenvalue weighted by Crippen LogP contribution is 2.25. The summed E-state index contributed by atoms with van der Waals surface area (Å²) in [6.07, 6.45) is 4.27. The van der Waals surface area contributed by atoms with E-state index in [1.165, 1.54) is 19.3 Å². The lowest BCUT2D eigenvalue weighted by atomic mass is 10.1. The number of halogens is 2. The second-order valence-electron chi connectivity index (χ2n) is 4.82. The second-order valence-corrected chi connectivity index (χ2v) is 5.67. The van der Waals surface area contributed by atoms with E-state index in [9.17, 15) is 4.79 Å². The molecule has 1 N–H and O–H groups in total. The minimum absolute atomic E-state index is 0.0188. The Labute approximate surface area is 123 Å². The molecule has 0 aromatic heterocycles. The fraction of sp³-hybridized carbons (Fsp3) is 0.500. The zero-order chi connectivity index (χ0) is 13.7. The van der Waals surface area contributed by atoms with Crippen LogP contribution in [-0.2, 0) is 4.79 Å². The number of rotatable bonds is 4. The molecule has 1 aromatic rings. The molecule has 3 nitrogen and oxygen atoms in total. The van der Waals surface area contributed by atoms with Gasteiger partial charge >= 0.3 is 0 Å². The summed E-state index contributed by atoms with van der Waals surface area (Å²) in [5.41, 5.74) is 0.581. The number of hydrogen-bond acceptors (Lipinski definition) is 2. The molecule has 104 valence electrons. The van der Waals surface area contributed by atoms with Crippen molar-refractivity contribution in [2.24, 2.45) is 0 Å². The van der Waals surface area contributed by atoms with Gasteiger partial charge in [-0.25, -0.2) is 0 Å². The van der Waals surface area contributed by atoms with Gasteiger partial charge in [0.25, 0.3) is 0 Å². The first kappa shape index (κ1) is 14.6. The van der Waals surface area contributed by atoms with Gasteiger partial charge < -0.3 is 10.2 Å². The number of anilines is 1. The van der Waals surface area contributed by atoms with Crippen LogP contribution in [0.4, 0.5) is 5.69 Å². The van der Waals surface area contributed by atoms with Gasteiger partial charge in [0.05, 0.1) is 10.7 Å². The summed E-state index contributed by atoms with van der Waals surface area (Å²) in [6, 6.07) is 5.06. The smallest absolute Gasteiger partial charge is 0.225 e. The number of amides is 1. The van der Waals surface area contributed by atoms with E-state index in [4.69, 9.17) is 23.2 Å². The molecule has 0 bridgehead atoms. The van der Waals surface area contributed by atoms with E-state index in [2.05, 4.69) is 10.2 Å². The summed E-state index contributed by atoms with van der Waals surface area (Å²) >= 11 is 11.9. The lowest BCUT2D eigenvalue weighted by molar-refractivity contribution is -0.116. The summed E-state index contributed by atoms with van der Waals surface area (Å²) in [7, 11) is 0. The maximum Gasteiger partial charge on any atom is 0.225 e. The largest absolute Gasteiger partial charge is 0.325 e. The van der Waals surface area contributed by atoms with Crippen LogP contribution in [0.25, 0.3) is 0 Å². The van der Waals surface area contributed by atoms with Gasteiger partial charge in [0, 0.05) is 18.0 Å². The number of carbonyl (C=O) groups excluding carboxylic acids is 1. The van der Waals surface area contributed by atoms with Crippen molar-refractivity contribution in [2.75, 3.05) is 25.0 Å². The maximum absolute atomic E-state index is 11.9. The molecule has 0 spiro atoms. The lowest BCUT2D eigenvalue weighted by Crippen LogP contribution is -2.32. The molecular formula is C14H18Cl2N2O. The van der Waals surface area contributed by atoms with E-state index in [0.717, 1.165) is 19.6 Å². The molecule has 1 heterocycles. The highest BCUT2D eigenvalue weighted by molar-refractivity contribution is 6.35. The first-order valence-electron chi connectivity index (χ1n) is 6.62. The quantitative estimate of drug-likeness (QED) is 0.917. The van der Waals surface area contributed by atoms with Crippen LogP contribution in [0.5, 0.6) is 0 Å². The maximum atomic E-state index is 11.9. The SMILES string of the molecule is O=C(CCN1CCCCC1)Nc1cc(Cl)ccc1Cl. The van der Waals surface area contributed by atoms with E-state index in [-0.39, 0.29) is 5.91 Å². The number of benzene rings is 1. The average Bonchev–Trinajstić information content (AvgIpc) is 2.42. The first-order chi connectivity index (χ1) is 9.15. The highest BCUT2D eigenvalue weighted by Gasteiger charge is 2.12. The molecule has 2 rings (SSSR count). The van der Waals surface area contributed by atoms with E-state index in [0.29, 0.717) is 22.2 Å². The zero-order valence-electron chi connectivity index (χ0n) is 10.8. The Bertz CT molecular complexity index is 445. The molecule has 0 atom stereocenters. The third kappa shape index (κ3) is 4.68. The molecule has 0 unspecified atom stereocenters. The molecule has 1 aliphatic rings. The molecule has 1 aliphatic heterocycles. The van der Waals surface area contributed by atoms with Crippen LogP contribution in [0.3, 0.4) is 0 Å². The van der Waals surface area contributed by atoms with E-state index in [1.54, 1.807) is 18.2 Å². The van der Waals surface area contributed by atoms with Crippen LogP contribution in [0.1, 0.15) is 25.7 Å². The van der Waals surface area contributed by atoms with Crippen LogP contribution >= 0.6 is 23.2 Å². The molecule has 1 fully saturated rings. The topological polar surface area (TPSA) is 32.3 Å². The Hall–Kier alpha value is -0.770. The number of nitrogens with one attached hydrogen (secondary N) is 1. The Morgan fingerprint density at radius 1 is 1.21 bits per heavy atom. The fourth-order valence-electron chi connectivity index (χ4n) is 2.25. The lowest BCUT2D eigenvalue weighted by Gasteiger charge is -2.25. The Kier molecular flexibility index (Phi) is 5.49. The Morgan fingerprint density at radius 3 is 2.68 bits per heavy atom. The van der Waals surface area contributed by atoms with E-state index in [1.807, 2.05) is 0 Å². The molecule has 1 aromatic carbocycles. The van der Waals surface area contributed by atoms with Crippen molar-refractivity contribution in [3.05, 3.63) is 28.2 Å². The molecule has 0 radical (unpaired) electrons. The third-order valence-electron chi connectivity index (χ3n) is 3.31. The van der Waals surface area contributed by atoms with E-state index >= 15 is 0 Å². The molecule has 0 aliphatic carbocycles. The van der Waals surface area contributed by atoms with Gasteiger partial charge in [0.1, 0.15) is 0 Å². The minimum atomic E-state index is -0.0188. The summed E-state index contributed by atoms with van der Waals surface area (Å²) < 4.78 is 0. The normalized spacial score (nSPS) is 16.3. The third-order valence-corrected chi connectivity index (χ3v) is 3.87. The van der Waals surface area contributed by atoms with E-state index < -0.39 is 0 Å². The zero-order valence-corrected chi connectivity index (χ0v) is 12.3. The number of likely N-dealkylation sites (tertiary alicyclic amines) is 1. The summed E-state index contributed by atoms with van der Waals surface area (Å²) in [6.45, 7) is 3.01. The van der Waals surface area contributed by atoms with Crippen molar-refractivity contribution < 1.29 is 4.79 Å². The molecule has 1 amide bonds. The number of hydrogen-bond donors (Lipinski definition) is 1. The van der Waals surface area contributed by atoms with Crippen LogP contribution in [0.2, 0.25) is 10.0 Å². The summed E-state index contributed by atoms with van der Waals surface area (Å²) in [5, 5.41) is 3.88. The highest BCUT2D eigenvalue weighted by atomic mass is 35.5. The molecule has 19 heavy (non-hydrogen) atoms. The predicted octanol–water partition coefficient (Wildman–Crippen LogP) is 3.81. The van der Waals surface area contributed by atoms with Gasteiger partial charge in [0.15, 0.2) is 0 Å². The van der Waals surface area contributed by atoms with Crippen molar-refractivity contribution in [1.82, 2.24) is 4.90 Å². The van der Waals surface area contributed by atoms with Gasteiger partial charge in [-0.1, -0.05) is 29.6 Å². The van der Waals surface area contributed by atoms with Gasteiger partial charge in [-0.05, 0) is 44.1 Å². The van der Waals surface area contributed by atoms with Gasteiger partial charge in [-0.3, -0.25) is 4.79 Å². The molecule has 0 saturated carbocycles. The predicted molar refractivity (Wildman–Crippen MR) is 80.0 cm³/mol. The van der Waals surface area contributed by atoms with Crippen molar-refractivity contribution in [3.63, 3.8) is 0 Å². The first-order valence-corrected chi connectivity index (χ1v) is 7.38. The number of piperidine rings is 1. The van der Waals surface area contributed by atoms with Crippen molar-refractivity contribution in [2.45, 2.75) is 25.7 Å². The van der Waals surface area contributed by atoms with Crippen LogP contribution < -0.4 is 5.32 Å². The van der Waals surface area contributed by atoms with Gasteiger partial charge in [0.2, 0.25) is 5.91 Å². The number of carbonyl (C=O) groups is 1. The summed E-state index contributed by atoms with van der Waals surface area (Å²) in [4.78, 5) is 14.2. The Morgan fingerprint density at radius 2 is 1.95 bits per heavy atom. The average molecular weight is 301 g/mol. The van der Waals surface area contributed by atoms with Crippen molar-refractivity contribution >= 4 is 34.8 Å². The summed E-state index contributed by atoms with van der Waals surface area (Å²) in [5.74, 6) is -0.0188. The van der Waals surface area contributed by atoms with Crippen molar-refractivity contribution in [1.29, 1.82) is 0 Å². The standard InChI is InChI=1S/C14H18Cl2N2O/c15-11-4-5-12(16)13(10-11)17-14(19)6-9-18-7-2-1-3-8-18/h4-5,10H,1-3,6-9H2,(H,17,19). The molecule has 1 saturated heterocycles. The Balaban J connectivity index is 1.81. The van der Waals surface area contributed by atoms with Crippen molar-refractivity contribution in [3.8, 4) is 0 Å². The molecular weight excluding hydrogens is 283 g/mol. The monoisotopic (exact) mass is 300 g/mol. The van der Waals surface area contributed by atoms with Crippen LogP contribution in [-0.4, -0.2) is 30.4 Å². The molecule has 5 heteroatoms. The van der Waals surface area contributed by atoms with Gasteiger partial charge in [-0.2, -0.15) is 0 Å².